The average Bonchev–Trinajstić information content (AvgIpc) is 3.24. The standard InChI is InChI=1S/C24H29NO4/c1-27-21-8-4-18(5-9-21)2-3-19-12-14-25(15-13-19)24(26)11-7-20-6-10-22-23(16-20)29-17-28-22/h4-6,8-10,16,19H,2-3,7,11-15,17H2,1H3. The van der Waals surface area contributed by atoms with Gasteiger partial charge in [-0.25, -0.2) is 0 Å². The molecule has 2 heterocycles. The molecule has 0 bridgehead atoms. The van der Waals surface area contributed by atoms with Crippen LogP contribution in [0.4, 0.5) is 0 Å². The van der Waals surface area contributed by atoms with Gasteiger partial charge in [-0.05, 0) is 73.4 Å². The van der Waals surface area contributed by atoms with Crippen molar-refractivity contribution >= 4 is 5.91 Å². The summed E-state index contributed by atoms with van der Waals surface area (Å²) in [6.45, 7) is 2.05. The van der Waals surface area contributed by atoms with Crippen molar-refractivity contribution in [3.8, 4) is 17.2 Å². The first kappa shape index (κ1) is 19.6. The number of ether oxygens (including phenoxy) is 3. The summed E-state index contributed by atoms with van der Waals surface area (Å²) >= 11 is 0. The third-order valence-corrected chi connectivity index (χ3v) is 6.03. The Balaban J connectivity index is 1.18. The summed E-state index contributed by atoms with van der Waals surface area (Å²) in [5.41, 5.74) is 2.48. The number of hydrogen-bond acceptors (Lipinski definition) is 4. The van der Waals surface area contributed by atoms with E-state index in [0.29, 0.717) is 12.3 Å². The number of rotatable bonds is 7. The van der Waals surface area contributed by atoms with Gasteiger partial charge < -0.3 is 19.1 Å². The normalized spacial score (nSPS) is 16.1. The highest BCUT2D eigenvalue weighted by Gasteiger charge is 2.22. The summed E-state index contributed by atoms with van der Waals surface area (Å²) in [7, 11) is 1.69. The molecule has 2 aliphatic rings. The molecule has 0 saturated carbocycles. The number of hydrogen-bond donors (Lipinski definition) is 0. The van der Waals surface area contributed by atoms with Crippen LogP contribution in [0.1, 0.15) is 36.8 Å². The molecule has 2 aromatic rings. The van der Waals surface area contributed by atoms with Gasteiger partial charge in [-0.3, -0.25) is 4.79 Å². The molecule has 4 rings (SSSR count). The molecular formula is C24H29NO4. The number of methoxy groups -OCH3 is 1. The third kappa shape index (κ3) is 5.03. The Morgan fingerprint density at radius 1 is 1.00 bits per heavy atom. The average molecular weight is 395 g/mol. The van der Waals surface area contributed by atoms with E-state index in [0.717, 1.165) is 61.6 Å². The second-order valence-electron chi connectivity index (χ2n) is 7.90. The molecule has 0 aliphatic carbocycles. The number of carbonyl (C=O) groups is 1. The van der Waals surface area contributed by atoms with E-state index in [1.54, 1.807) is 7.11 Å². The van der Waals surface area contributed by atoms with Gasteiger partial charge in [-0.15, -0.1) is 0 Å². The number of piperidine rings is 1. The molecular weight excluding hydrogens is 366 g/mol. The molecule has 0 aromatic heterocycles. The highest BCUT2D eigenvalue weighted by Crippen LogP contribution is 2.33. The van der Waals surface area contributed by atoms with Crippen LogP contribution in [0.2, 0.25) is 0 Å². The lowest BCUT2D eigenvalue weighted by Crippen LogP contribution is -2.38. The fourth-order valence-electron chi connectivity index (χ4n) is 4.14. The molecule has 0 radical (unpaired) electrons. The van der Waals surface area contributed by atoms with Crippen molar-refractivity contribution in [3.05, 3.63) is 53.6 Å². The van der Waals surface area contributed by atoms with E-state index in [1.165, 1.54) is 12.0 Å². The van der Waals surface area contributed by atoms with E-state index in [2.05, 4.69) is 12.1 Å². The highest BCUT2D eigenvalue weighted by atomic mass is 16.7. The minimum Gasteiger partial charge on any atom is -0.497 e. The molecule has 0 N–H and O–H groups in total. The van der Waals surface area contributed by atoms with Crippen molar-refractivity contribution in [1.82, 2.24) is 4.90 Å². The Kier molecular flexibility index (Phi) is 6.23. The molecule has 5 nitrogen and oxygen atoms in total. The molecule has 0 atom stereocenters. The molecule has 2 aliphatic heterocycles. The molecule has 2 aromatic carbocycles. The van der Waals surface area contributed by atoms with Crippen molar-refractivity contribution in [2.75, 3.05) is 27.0 Å². The van der Waals surface area contributed by atoms with Crippen LogP contribution in [0.5, 0.6) is 17.2 Å². The van der Waals surface area contributed by atoms with E-state index >= 15 is 0 Å². The maximum absolute atomic E-state index is 12.6. The molecule has 1 saturated heterocycles. The fraction of sp³-hybridized carbons (Fsp3) is 0.458. The van der Waals surface area contributed by atoms with Crippen LogP contribution < -0.4 is 14.2 Å². The second kappa shape index (κ2) is 9.21. The van der Waals surface area contributed by atoms with Crippen LogP contribution in [0.15, 0.2) is 42.5 Å². The second-order valence-corrected chi connectivity index (χ2v) is 7.90. The number of amides is 1. The largest absolute Gasteiger partial charge is 0.497 e. The first-order chi connectivity index (χ1) is 14.2. The molecule has 1 amide bonds. The van der Waals surface area contributed by atoms with Gasteiger partial charge in [0.2, 0.25) is 12.7 Å². The van der Waals surface area contributed by atoms with E-state index in [-0.39, 0.29) is 12.7 Å². The van der Waals surface area contributed by atoms with Gasteiger partial charge in [-0.2, -0.15) is 0 Å². The van der Waals surface area contributed by atoms with Gasteiger partial charge in [0.05, 0.1) is 7.11 Å². The van der Waals surface area contributed by atoms with Crippen LogP contribution in [0.3, 0.4) is 0 Å². The Bertz CT molecular complexity index is 825. The van der Waals surface area contributed by atoms with E-state index in [1.807, 2.05) is 35.2 Å². The lowest BCUT2D eigenvalue weighted by molar-refractivity contribution is -0.132. The SMILES string of the molecule is COc1ccc(CCC2CCN(C(=O)CCc3ccc4c(c3)OCO4)CC2)cc1. The van der Waals surface area contributed by atoms with Crippen molar-refractivity contribution in [3.63, 3.8) is 0 Å². The number of carbonyl (C=O) groups excluding carboxylic acids is 1. The van der Waals surface area contributed by atoms with E-state index < -0.39 is 0 Å². The van der Waals surface area contributed by atoms with Crippen molar-refractivity contribution in [2.45, 2.75) is 38.5 Å². The van der Waals surface area contributed by atoms with Gasteiger partial charge >= 0.3 is 0 Å². The summed E-state index contributed by atoms with van der Waals surface area (Å²) < 4.78 is 16.0. The number of likely N-dealkylation sites (tertiary alicyclic amines) is 1. The topological polar surface area (TPSA) is 48.0 Å². The van der Waals surface area contributed by atoms with Gasteiger partial charge in [0, 0.05) is 19.5 Å². The van der Waals surface area contributed by atoms with Crippen molar-refractivity contribution in [1.29, 1.82) is 0 Å². The van der Waals surface area contributed by atoms with Crippen molar-refractivity contribution in [2.24, 2.45) is 5.92 Å². The van der Waals surface area contributed by atoms with Crippen molar-refractivity contribution < 1.29 is 19.0 Å². The molecule has 1 fully saturated rings. The smallest absolute Gasteiger partial charge is 0.231 e. The molecule has 154 valence electrons. The Labute approximate surface area is 172 Å². The number of fused-ring (bicyclic) bond motifs is 1. The van der Waals surface area contributed by atoms with Gasteiger partial charge in [-0.1, -0.05) is 18.2 Å². The summed E-state index contributed by atoms with van der Waals surface area (Å²) in [6.07, 6.45) is 5.78. The van der Waals surface area contributed by atoms with Crippen LogP contribution >= 0.6 is 0 Å². The zero-order valence-corrected chi connectivity index (χ0v) is 17.1. The number of aryl methyl sites for hydroxylation is 2. The third-order valence-electron chi connectivity index (χ3n) is 6.03. The van der Waals surface area contributed by atoms with Crippen LogP contribution in [0.25, 0.3) is 0 Å². The summed E-state index contributed by atoms with van der Waals surface area (Å²) in [5.74, 6) is 3.44. The summed E-state index contributed by atoms with van der Waals surface area (Å²) in [4.78, 5) is 14.6. The monoisotopic (exact) mass is 395 g/mol. The van der Waals surface area contributed by atoms with Gasteiger partial charge in [0.1, 0.15) is 5.75 Å². The quantitative estimate of drug-likeness (QED) is 0.704. The van der Waals surface area contributed by atoms with Gasteiger partial charge in [0.25, 0.3) is 0 Å². The van der Waals surface area contributed by atoms with Crippen LogP contribution in [-0.2, 0) is 17.6 Å². The highest BCUT2D eigenvalue weighted by molar-refractivity contribution is 5.76. The first-order valence-corrected chi connectivity index (χ1v) is 10.5. The summed E-state index contributed by atoms with van der Waals surface area (Å²) in [6, 6.07) is 14.3. The van der Waals surface area contributed by atoms with Crippen LogP contribution in [0, 0.1) is 5.92 Å². The molecule has 5 heteroatoms. The lowest BCUT2D eigenvalue weighted by atomic mass is 9.90. The number of benzene rings is 2. The molecule has 0 unspecified atom stereocenters. The first-order valence-electron chi connectivity index (χ1n) is 10.5. The predicted octanol–water partition coefficient (Wildman–Crippen LogP) is 4.23. The fourth-order valence-corrected chi connectivity index (χ4v) is 4.14. The zero-order valence-electron chi connectivity index (χ0n) is 17.1. The minimum absolute atomic E-state index is 0.260. The molecule has 29 heavy (non-hydrogen) atoms. The predicted molar refractivity (Wildman–Crippen MR) is 112 cm³/mol. The maximum atomic E-state index is 12.6. The molecule has 0 spiro atoms. The maximum Gasteiger partial charge on any atom is 0.231 e. The number of nitrogens with zero attached hydrogens (tertiary/aromatic N) is 1. The van der Waals surface area contributed by atoms with E-state index in [9.17, 15) is 4.79 Å². The van der Waals surface area contributed by atoms with Gasteiger partial charge in [0.15, 0.2) is 11.5 Å². The van der Waals surface area contributed by atoms with E-state index in [4.69, 9.17) is 14.2 Å². The Hall–Kier alpha value is -2.69. The van der Waals surface area contributed by atoms with Crippen LogP contribution in [-0.4, -0.2) is 37.8 Å². The summed E-state index contributed by atoms with van der Waals surface area (Å²) in [5, 5.41) is 0. The minimum atomic E-state index is 0.260. The Morgan fingerprint density at radius 3 is 2.48 bits per heavy atom. The lowest BCUT2D eigenvalue weighted by Gasteiger charge is -2.32. The zero-order chi connectivity index (χ0) is 20.1. The Morgan fingerprint density at radius 2 is 1.72 bits per heavy atom.